The second kappa shape index (κ2) is 5.38. The third-order valence-electron chi connectivity index (χ3n) is 3.56. The maximum absolute atomic E-state index is 14.0. The molecule has 3 nitrogen and oxygen atoms in total. The second-order valence-electron chi connectivity index (χ2n) is 4.83. The molecule has 0 saturated carbocycles. The summed E-state index contributed by atoms with van der Waals surface area (Å²) in [5.74, 6) is -1.51. The van der Waals surface area contributed by atoms with E-state index in [4.69, 9.17) is 0 Å². The van der Waals surface area contributed by atoms with Crippen LogP contribution in [-0.2, 0) is 0 Å². The van der Waals surface area contributed by atoms with Crippen LogP contribution in [0.2, 0.25) is 0 Å². The van der Waals surface area contributed by atoms with Gasteiger partial charge in [-0.05, 0) is 31.9 Å². The van der Waals surface area contributed by atoms with Crippen LogP contribution in [0, 0.1) is 5.82 Å². The number of anilines is 1. The molecule has 98 valence electrons. The largest absolute Gasteiger partial charge is 0.478 e. The van der Waals surface area contributed by atoms with E-state index >= 15 is 0 Å². The van der Waals surface area contributed by atoms with Gasteiger partial charge < -0.3 is 10.0 Å². The lowest BCUT2D eigenvalue weighted by Gasteiger charge is -2.30. The van der Waals surface area contributed by atoms with Crippen molar-refractivity contribution in [3.8, 4) is 0 Å². The fourth-order valence-corrected chi connectivity index (χ4v) is 2.59. The quantitative estimate of drug-likeness (QED) is 0.876. The van der Waals surface area contributed by atoms with E-state index in [2.05, 4.69) is 0 Å². The molecule has 0 amide bonds. The van der Waals surface area contributed by atoms with E-state index in [1.54, 1.807) is 0 Å². The van der Waals surface area contributed by atoms with E-state index in [0.717, 1.165) is 32.2 Å². The highest BCUT2D eigenvalue weighted by Gasteiger charge is 2.24. The van der Waals surface area contributed by atoms with Crippen LogP contribution < -0.4 is 4.90 Å². The molecule has 0 aromatic heterocycles. The molecule has 1 aromatic carbocycles. The molecule has 1 aliphatic heterocycles. The lowest BCUT2D eigenvalue weighted by Crippen LogP contribution is -2.34. The van der Waals surface area contributed by atoms with E-state index in [1.807, 2.05) is 11.8 Å². The van der Waals surface area contributed by atoms with Crippen LogP contribution in [-0.4, -0.2) is 23.7 Å². The van der Waals surface area contributed by atoms with Crippen LogP contribution in [0.1, 0.15) is 43.0 Å². The lowest BCUT2D eigenvalue weighted by molar-refractivity contribution is 0.0697. The molecule has 1 unspecified atom stereocenters. The van der Waals surface area contributed by atoms with E-state index < -0.39 is 11.8 Å². The Labute approximate surface area is 106 Å². The Bertz CT molecular complexity index is 447. The van der Waals surface area contributed by atoms with Crippen molar-refractivity contribution in [2.45, 2.75) is 38.6 Å². The Morgan fingerprint density at radius 2 is 2.17 bits per heavy atom. The first-order chi connectivity index (χ1) is 8.61. The number of hydrogen-bond acceptors (Lipinski definition) is 2. The molecule has 0 radical (unpaired) electrons. The van der Waals surface area contributed by atoms with Gasteiger partial charge in [0, 0.05) is 12.6 Å². The van der Waals surface area contributed by atoms with Crippen LogP contribution in [0.25, 0.3) is 0 Å². The maximum atomic E-state index is 14.0. The summed E-state index contributed by atoms with van der Waals surface area (Å²) in [6.45, 7) is 2.76. The number of rotatable bonds is 2. The molecule has 4 heteroatoms. The van der Waals surface area contributed by atoms with Gasteiger partial charge in [-0.1, -0.05) is 18.9 Å². The maximum Gasteiger partial charge on any atom is 0.337 e. The SMILES string of the molecule is CC1CCCCCN1c1c(F)cccc1C(=O)O. The monoisotopic (exact) mass is 251 g/mol. The first-order valence-corrected chi connectivity index (χ1v) is 6.39. The summed E-state index contributed by atoms with van der Waals surface area (Å²) in [5.41, 5.74) is 0.308. The van der Waals surface area contributed by atoms with E-state index in [1.165, 1.54) is 18.2 Å². The summed E-state index contributed by atoms with van der Waals surface area (Å²) in [6, 6.07) is 4.44. The zero-order chi connectivity index (χ0) is 13.1. The number of hydrogen-bond donors (Lipinski definition) is 1. The number of carboxylic acid groups (broad SMARTS) is 1. The topological polar surface area (TPSA) is 40.5 Å². The smallest absolute Gasteiger partial charge is 0.337 e. The fraction of sp³-hybridized carbons (Fsp3) is 0.500. The standard InChI is InChI=1S/C14H18FNO2/c1-10-6-3-2-4-9-16(10)13-11(14(17)18)7-5-8-12(13)15/h5,7-8,10H,2-4,6,9H2,1H3,(H,17,18). The first kappa shape index (κ1) is 12.9. The van der Waals surface area contributed by atoms with Crippen LogP contribution in [0.5, 0.6) is 0 Å². The first-order valence-electron chi connectivity index (χ1n) is 6.39. The number of halogens is 1. The summed E-state index contributed by atoms with van der Waals surface area (Å²) in [5, 5.41) is 9.18. The normalized spacial score (nSPS) is 20.6. The second-order valence-corrected chi connectivity index (χ2v) is 4.83. The van der Waals surface area contributed by atoms with Gasteiger partial charge in [-0.2, -0.15) is 0 Å². The van der Waals surface area contributed by atoms with Crippen LogP contribution in [0.15, 0.2) is 18.2 Å². The van der Waals surface area contributed by atoms with E-state index in [-0.39, 0.29) is 17.3 Å². The van der Waals surface area contributed by atoms with Crippen molar-refractivity contribution in [3.63, 3.8) is 0 Å². The number of aromatic carboxylic acids is 1. The van der Waals surface area contributed by atoms with Crippen molar-refractivity contribution >= 4 is 11.7 Å². The Kier molecular flexibility index (Phi) is 3.84. The fourth-order valence-electron chi connectivity index (χ4n) is 2.59. The molecule has 2 rings (SSSR count). The number of para-hydroxylation sites is 1. The Morgan fingerprint density at radius 1 is 1.39 bits per heavy atom. The van der Waals surface area contributed by atoms with Crippen molar-refractivity contribution in [3.05, 3.63) is 29.6 Å². The number of carbonyl (C=O) groups is 1. The zero-order valence-corrected chi connectivity index (χ0v) is 10.5. The molecule has 0 aliphatic carbocycles. The van der Waals surface area contributed by atoms with Gasteiger partial charge in [0.15, 0.2) is 0 Å². The van der Waals surface area contributed by atoms with Gasteiger partial charge in [-0.15, -0.1) is 0 Å². The number of benzene rings is 1. The van der Waals surface area contributed by atoms with Gasteiger partial charge >= 0.3 is 5.97 Å². The van der Waals surface area contributed by atoms with Gasteiger partial charge in [0.05, 0.1) is 11.3 Å². The predicted octanol–water partition coefficient (Wildman–Crippen LogP) is 3.29. The number of nitrogens with zero attached hydrogens (tertiary/aromatic N) is 1. The molecule has 1 fully saturated rings. The third kappa shape index (κ3) is 2.47. The molecule has 1 aliphatic rings. The lowest BCUT2D eigenvalue weighted by atomic mass is 10.1. The molecule has 1 heterocycles. The molecule has 1 N–H and O–H groups in total. The summed E-state index contributed by atoms with van der Waals surface area (Å²) in [7, 11) is 0. The highest BCUT2D eigenvalue weighted by Crippen LogP contribution is 2.30. The summed E-state index contributed by atoms with van der Waals surface area (Å²) in [6.07, 6.45) is 4.21. The Balaban J connectivity index is 2.44. The van der Waals surface area contributed by atoms with Gasteiger partial charge in [-0.25, -0.2) is 9.18 Å². The molecular weight excluding hydrogens is 233 g/mol. The van der Waals surface area contributed by atoms with Crippen molar-refractivity contribution < 1.29 is 14.3 Å². The minimum absolute atomic E-state index is 0.0590. The zero-order valence-electron chi connectivity index (χ0n) is 10.5. The average molecular weight is 251 g/mol. The van der Waals surface area contributed by atoms with Gasteiger partial charge in [-0.3, -0.25) is 0 Å². The number of carboxylic acids is 1. The molecule has 0 spiro atoms. The van der Waals surface area contributed by atoms with Crippen LogP contribution in [0.3, 0.4) is 0 Å². The molecule has 1 saturated heterocycles. The Morgan fingerprint density at radius 3 is 2.89 bits per heavy atom. The van der Waals surface area contributed by atoms with Gasteiger partial charge in [0.2, 0.25) is 0 Å². The summed E-state index contributed by atoms with van der Waals surface area (Å²) >= 11 is 0. The minimum Gasteiger partial charge on any atom is -0.478 e. The van der Waals surface area contributed by atoms with E-state index in [0.29, 0.717) is 0 Å². The van der Waals surface area contributed by atoms with Crippen LogP contribution >= 0.6 is 0 Å². The van der Waals surface area contributed by atoms with Crippen molar-refractivity contribution in [2.24, 2.45) is 0 Å². The molecular formula is C14H18FNO2. The van der Waals surface area contributed by atoms with E-state index in [9.17, 15) is 14.3 Å². The van der Waals surface area contributed by atoms with Crippen molar-refractivity contribution in [1.82, 2.24) is 0 Å². The highest BCUT2D eigenvalue weighted by molar-refractivity contribution is 5.94. The van der Waals surface area contributed by atoms with Crippen LogP contribution in [0.4, 0.5) is 10.1 Å². The summed E-state index contributed by atoms with van der Waals surface area (Å²) < 4.78 is 14.0. The van der Waals surface area contributed by atoms with Gasteiger partial charge in [0.1, 0.15) is 5.82 Å². The average Bonchev–Trinajstić information content (AvgIpc) is 2.54. The van der Waals surface area contributed by atoms with Crippen molar-refractivity contribution in [2.75, 3.05) is 11.4 Å². The van der Waals surface area contributed by atoms with Gasteiger partial charge in [0.25, 0.3) is 0 Å². The molecule has 18 heavy (non-hydrogen) atoms. The molecule has 0 bridgehead atoms. The van der Waals surface area contributed by atoms with Crippen molar-refractivity contribution in [1.29, 1.82) is 0 Å². The minimum atomic E-state index is -1.07. The molecule has 1 atom stereocenters. The third-order valence-corrected chi connectivity index (χ3v) is 3.56. The Hall–Kier alpha value is -1.58. The molecule has 1 aromatic rings. The predicted molar refractivity (Wildman–Crippen MR) is 68.6 cm³/mol. The summed E-state index contributed by atoms with van der Waals surface area (Å²) in [4.78, 5) is 13.1. The highest BCUT2D eigenvalue weighted by atomic mass is 19.1.